The molecule has 0 amide bonds. The second kappa shape index (κ2) is 13.9. The van der Waals surface area contributed by atoms with Crippen LogP contribution < -0.4 is 0 Å². The van der Waals surface area contributed by atoms with E-state index in [0.29, 0.717) is 12.8 Å². The molecule has 0 saturated carbocycles. The molecule has 0 fully saturated rings. The van der Waals surface area contributed by atoms with Gasteiger partial charge in [-0.25, -0.2) is 0 Å². The monoisotopic (exact) mass is 496 g/mol. The van der Waals surface area contributed by atoms with Gasteiger partial charge in [0.25, 0.3) is 0 Å². The molecule has 0 aromatic heterocycles. The molecule has 1 aliphatic heterocycles. The molecule has 0 aliphatic carbocycles. The van der Waals surface area contributed by atoms with Gasteiger partial charge in [-0.2, -0.15) is 0 Å². The molecule has 35 heavy (non-hydrogen) atoms. The van der Waals surface area contributed by atoms with Crippen molar-refractivity contribution in [2.75, 3.05) is 0 Å². The van der Waals surface area contributed by atoms with Crippen molar-refractivity contribution in [3.8, 4) is 0 Å². The van der Waals surface area contributed by atoms with Crippen molar-refractivity contribution >= 4 is 11.9 Å². The lowest BCUT2D eigenvalue weighted by Crippen LogP contribution is -2.42. The summed E-state index contributed by atoms with van der Waals surface area (Å²) >= 11 is 0. The van der Waals surface area contributed by atoms with Crippen molar-refractivity contribution in [1.29, 1.82) is 0 Å². The van der Waals surface area contributed by atoms with Crippen LogP contribution in [0.3, 0.4) is 0 Å². The maximum Gasteiger partial charge on any atom is 0.309 e. The molecule has 8 nitrogen and oxygen atoms in total. The van der Waals surface area contributed by atoms with Gasteiger partial charge in [0, 0.05) is 12.8 Å². The van der Waals surface area contributed by atoms with Gasteiger partial charge in [0.2, 0.25) is 0 Å². The van der Waals surface area contributed by atoms with Crippen molar-refractivity contribution < 1.29 is 39.5 Å². The van der Waals surface area contributed by atoms with Crippen LogP contribution in [0.25, 0.3) is 0 Å². The summed E-state index contributed by atoms with van der Waals surface area (Å²) in [7, 11) is 0. The Kier molecular flexibility index (Phi) is 12.3. The van der Waals surface area contributed by atoms with E-state index in [9.17, 15) is 30.0 Å². The zero-order valence-electron chi connectivity index (χ0n) is 21.9. The van der Waals surface area contributed by atoms with Gasteiger partial charge in [0.05, 0.1) is 18.6 Å². The highest BCUT2D eigenvalue weighted by Crippen LogP contribution is 2.26. The summed E-state index contributed by atoms with van der Waals surface area (Å²) in [6.07, 6.45) is 8.15. The number of allylic oxidation sites excluding steroid dienone is 2. The Balaban J connectivity index is 3.04. The molecule has 4 N–H and O–H groups in total. The molecule has 0 aromatic rings. The standard InChI is InChI=1S/C27H44O8/c1-7-23(30)26(5,32)15-8-9-18(2)10-12-22-19(3)11-13-24(34-20(4)28)27(6,33)16-14-21(29)17-25(31)35-22/h8,10-13,15,18-19,21-24,29-30,32-33H,7,9,14,16-17H2,1-6H3. The number of ether oxygens (including phenoxy) is 2. The Bertz CT molecular complexity index is 767. The fourth-order valence-electron chi connectivity index (χ4n) is 3.78. The number of rotatable bonds is 8. The Morgan fingerprint density at radius 1 is 1.40 bits per heavy atom. The number of carbonyl (C=O) groups excluding carboxylic acids is 2. The second-order valence-corrected chi connectivity index (χ2v) is 10.1. The molecule has 8 unspecified atom stereocenters. The third kappa shape index (κ3) is 11.1. The molecule has 1 heterocycles. The molecule has 8 heteroatoms. The lowest BCUT2D eigenvalue weighted by Gasteiger charge is -2.32. The SMILES string of the molecule is CCC(O)C(C)(O)C=CCC(C)C=CC1OC(=O)CC(O)CCC(C)(O)C(OC(C)=O)C=CC1C. The minimum Gasteiger partial charge on any atom is -0.457 e. The van der Waals surface area contributed by atoms with E-state index in [2.05, 4.69) is 0 Å². The van der Waals surface area contributed by atoms with Crippen LogP contribution in [-0.4, -0.2) is 68.0 Å². The highest BCUT2D eigenvalue weighted by atomic mass is 16.6. The van der Waals surface area contributed by atoms with Gasteiger partial charge >= 0.3 is 11.9 Å². The lowest BCUT2D eigenvalue weighted by atomic mass is 9.89. The Morgan fingerprint density at radius 3 is 2.66 bits per heavy atom. The summed E-state index contributed by atoms with van der Waals surface area (Å²) in [5, 5.41) is 41.3. The molecule has 1 aliphatic rings. The molecule has 0 bridgehead atoms. The third-order valence-electron chi connectivity index (χ3n) is 6.32. The fourth-order valence-corrected chi connectivity index (χ4v) is 3.78. The van der Waals surface area contributed by atoms with Crippen molar-refractivity contribution in [2.45, 2.75) is 109 Å². The van der Waals surface area contributed by atoms with Crippen LogP contribution in [0.1, 0.15) is 73.6 Å². The van der Waals surface area contributed by atoms with E-state index in [-0.39, 0.29) is 31.1 Å². The number of cyclic esters (lactones) is 1. The van der Waals surface area contributed by atoms with Gasteiger partial charge in [-0.3, -0.25) is 9.59 Å². The number of aliphatic hydroxyl groups is 4. The highest BCUT2D eigenvalue weighted by molar-refractivity contribution is 5.70. The summed E-state index contributed by atoms with van der Waals surface area (Å²) in [6, 6.07) is 0. The summed E-state index contributed by atoms with van der Waals surface area (Å²) in [6.45, 7) is 9.98. The van der Waals surface area contributed by atoms with Crippen LogP contribution in [0.15, 0.2) is 36.5 Å². The number of hydrogen-bond donors (Lipinski definition) is 4. The average molecular weight is 497 g/mol. The first-order valence-corrected chi connectivity index (χ1v) is 12.4. The first-order chi connectivity index (χ1) is 16.2. The van der Waals surface area contributed by atoms with Gasteiger partial charge in [-0.15, -0.1) is 0 Å². The fraction of sp³-hybridized carbons (Fsp3) is 0.704. The minimum absolute atomic E-state index is 0.0530. The van der Waals surface area contributed by atoms with Gasteiger partial charge < -0.3 is 29.9 Å². The van der Waals surface area contributed by atoms with Gasteiger partial charge in [0.1, 0.15) is 23.4 Å². The Labute approximate surface area is 209 Å². The number of esters is 2. The average Bonchev–Trinajstić information content (AvgIpc) is 2.76. The Morgan fingerprint density at radius 2 is 2.06 bits per heavy atom. The molecule has 0 saturated heterocycles. The van der Waals surface area contributed by atoms with Crippen molar-refractivity contribution in [3.63, 3.8) is 0 Å². The predicted molar refractivity (Wildman–Crippen MR) is 133 cm³/mol. The van der Waals surface area contributed by atoms with E-state index in [0.717, 1.165) is 0 Å². The zero-order valence-corrected chi connectivity index (χ0v) is 21.9. The van der Waals surface area contributed by atoms with Gasteiger partial charge in [0.15, 0.2) is 0 Å². The quantitative estimate of drug-likeness (QED) is 0.298. The summed E-state index contributed by atoms with van der Waals surface area (Å²) < 4.78 is 10.9. The van der Waals surface area contributed by atoms with Crippen LogP contribution in [-0.2, 0) is 19.1 Å². The van der Waals surface area contributed by atoms with Crippen LogP contribution in [0, 0.1) is 11.8 Å². The van der Waals surface area contributed by atoms with E-state index in [1.54, 1.807) is 38.2 Å². The molecule has 0 radical (unpaired) electrons. The second-order valence-electron chi connectivity index (χ2n) is 10.1. The van der Waals surface area contributed by atoms with Crippen LogP contribution in [0.5, 0.6) is 0 Å². The van der Waals surface area contributed by atoms with E-state index in [1.165, 1.54) is 13.8 Å². The molecule has 8 atom stereocenters. The van der Waals surface area contributed by atoms with E-state index in [1.807, 2.05) is 26.0 Å². The lowest BCUT2D eigenvalue weighted by molar-refractivity contribution is -0.157. The molecular formula is C27H44O8. The van der Waals surface area contributed by atoms with Crippen LogP contribution in [0.2, 0.25) is 0 Å². The smallest absolute Gasteiger partial charge is 0.309 e. The third-order valence-corrected chi connectivity index (χ3v) is 6.32. The molecule has 1 rings (SSSR count). The number of hydrogen-bond acceptors (Lipinski definition) is 8. The van der Waals surface area contributed by atoms with Crippen molar-refractivity contribution in [1.82, 2.24) is 0 Å². The number of carbonyl (C=O) groups is 2. The highest BCUT2D eigenvalue weighted by Gasteiger charge is 2.34. The summed E-state index contributed by atoms with van der Waals surface area (Å²) in [4.78, 5) is 24.0. The molecular weight excluding hydrogens is 452 g/mol. The predicted octanol–water partition coefficient (Wildman–Crippen LogP) is 2.98. The summed E-state index contributed by atoms with van der Waals surface area (Å²) in [5.41, 5.74) is -2.72. The maximum absolute atomic E-state index is 12.4. The van der Waals surface area contributed by atoms with Gasteiger partial charge in [-0.1, -0.05) is 45.1 Å². The molecule has 200 valence electrons. The zero-order chi connectivity index (χ0) is 26.8. The van der Waals surface area contributed by atoms with Crippen molar-refractivity contribution in [2.24, 2.45) is 11.8 Å². The van der Waals surface area contributed by atoms with Crippen LogP contribution >= 0.6 is 0 Å². The van der Waals surface area contributed by atoms with E-state index in [4.69, 9.17) is 9.47 Å². The molecule has 0 aromatic carbocycles. The molecule has 0 spiro atoms. The topological polar surface area (TPSA) is 134 Å². The minimum atomic E-state index is -1.41. The summed E-state index contributed by atoms with van der Waals surface area (Å²) in [5.74, 6) is -1.32. The first-order valence-electron chi connectivity index (χ1n) is 12.4. The normalized spacial score (nSPS) is 32.3. The van der Waals surface area contributed by atoms with Crippen molar-refractivity contribution in [3.05, 3.63) is 36.5 Å². The largest absolute Gasteiger partial charge is 0.457 e. The van der Waals surface area contributed by atoms with Gasteiger partial charge in [-0.05, 0) is 57.6 Å². The number of aliphatic hydroxyl groups excluding tert-OH is 2. The Hall–Kier alpha value is -2.00. The van der Waals surface area contributed by atoms with Crippen LogP contribution in [0.4, 0.5) is 0 Å². The maximum atomic E-state index is 12.4. The van der Waals surface area contributed by atoms with E-state index >= 15 is 0 Å². The van der Waals surface area contributed by atoms with E-state index < -0.39 is 47.6 Å². The first kappa shape index (κ1) is 31.0.